The van der Waals surface area contributed by atoms with Gasteiger partial charge < -0.3 is 4.90 Å². The highest BCUT2D eigenvalue weighted by molar-refractivity contribution is 8.01. The van der Waals surface area contributed by atoms with Crippen molar-refractivity contribution in [2.45, 2.75) is 24.9 Å². The summed E-state index contributed by atoms with van der Waals surface area (Å²) in [5.74, 6) is 0.368. The van der Waals surface area contributed by atoms with Gasteiger partial charge in [0.15, 0.2) is 14.1 Å². The summed E-state index contributed by atoms with van der Waals surface area (Å²) in [7, 11) is 0. The Hall–Kier alpha value is -1.55. The van der Waals surface area contributed by atoms with Gasteiger partial charge in [0.1, 0.15) is 5.82 Å². The van der Waals surface area contributed by atoms with Crippen molar-refractivity contribution >= 4 is 46.8 Å². The van der Waals surface area contributed by atoms with E-state index in [1.165, 1.54) is 24.3 Å². The minimum Gasteiger partial charge on any atom is -0.367 e. The number of piperazine rings is 1. The second kappa shape index (κ2) is 9.30. The lowest BCUT2D eigenvalue weighted by molar-refractivity contribution is 0.101. The van der Waals surface area contributed by atoms with Gasteiger partial charge in [-0.2, -0.15) is 5.10 Å². The second-order valence-electron chi connectivity index (χ2n) is 6.85. The van der Waals surface area contributed by atoms with Gasteiger partial charge in [-0.25, -0.2) is 9.07 Å². The molecule has 1 aliphatic heterocycles. The van der Waals surface area contributed by atoms with Gasteiger partial charge in [-0.05, 0) is 44.3 Å². The number of aromatic nitrogens is 2. The van der Waals surface area contributed by atoms with Crippen LogP contribution in [0.25, 0.3) is 0 Å². The molecule has 1 aromatic carbocycles. The predicted molar refractivity (Wildman–Crippen MR) is 117 cm³/mol. The second-order valence-corrected chi connectivity index (χ2v) is 9.69. The molecule has 0 amide bonds. The predicted octanol–water partition coefficient (Wildman–Crippen LogP) is 4.46. The summed E-state index contributed by atoms with van der Waals surface area (Å²) in [4.78, 5) is 15.7. The number of hydrogen-bond donors (Lipinski definition) is 0. The Bertz CT molecular complexity index is 932. The number of rotatable bonds is 7. The fourth-order valence-corrected chi connectivity index (χ4v) is 5.08. The maximum absolute atomic E-state index is 14.4. The molecule has 1 fully saturated rings. The normalized spacial score (nSPS) is 15.0. The van der Waals surface area contributed by atoms with Crippen molar-refractivity contribution < 1.29 is 9.18 Å². The lowest BCUT2D eigenvalue weighted by Crippen LogP contribution is -2.47. The molecule has 0 bridgehead atoms. The Kier molecular flexibility index (Phi) is 7.03. The van der Waals surface area contributed by atoms with Gasteiger partial charge in [0.05, 0.1) is 12.4 Å². The molecule has 3 rings (SSSR count). The molecular formula is C19H23FN4OS3. The number of ketones is 1. The summed E-state index contributed by atoms with van der Waals surface area (Å²) < 4.78 is 18.0. The summed E-state index contributed by atoms with van der Waals surface area (Å²) in [5, 5.41) is 4.60. The highest BCUT2D eigenvalue weighted by Crippen LogP contribution is 2.25. The first-order chi connectivity index (χ1) is 13.3. The quantitative estimate of drug-likeness (QED) is 0.275. The number of anilines is 1. The molecule has 150 valence electrons. The Morgan fingerprint density at radius 2 is 2.04 bits per heavy atom. The van der Waals surface area contributed by atoms with Crippen LogP contribution in [0.2, 0.25) is 0 Å². The maximum atomic E-state index is 14.4. The van der Waals surface area contributed by atoms with Gasteiger partial charge in [0.2, 0.25) is 0 Å². The third-order valence-corrected chi connectivity index (χ3v) is 7.10. The summed E-state index contributed by atoms with van der Waals surface area (Å²) in [6.45, 7) is 11.0. The number of thioether (sulfide) groups is 1. The van der Waals surface area contributed by atoms with Crippen LogP contribution >= 0.6 is 35.3 Å². The summed E-state index contributed by atoms with van der Waals surface area (Å²) in [6.07, 6.45) is 0. The molecule has 9 heteroatoms. The van der Waals surface area contributed by atoms with Crippen LogP contribution in [-0.2, 0) is 6.67 Å². The molecule has 0 atom stereocenters. The van der Waals surface area contributed by atoms with E-state index in [9.17, 15) is 9.18 Å². The minimum atomic E-state index is -0.345. The van der Waals surface area contributed by atoms with E-state index in [0.717, 1.165) is 32.7 Å². The first-order valence-electron chi connectivity index (χ1n) is 8.96. The van der Waals surface area contributed by atoms with E-state index in [0.29, 0.717) is 31.0 Å². The maximum Gasteiger partial charge on any atom is 0.181 e. The smallest absolute Gasteiger partial charge is 0.181 e. The fraction of sp³-hybridized carbons (Fsp3) is 0.421. The molecule has 0 unspecified atom stereocenters. The molecule has 2 heterocycles. The van der Waals surface area contributed by atoms with Crippen molar-refractivity contribution in [3.63, 3.8) is 0 Å². The average Bonchev–Trinajstić information content (AvgIpc) is 3.00. The van der Waals surface area contributed by atoms with Crippen LogP contribution < -0.4 is 4.90 Å². The summed E-state index contributed by atoms with van der Waals surface area (Å²) in [5.41, 5.74) is 2.06. The monoisotopic (exact) mass is 438 g/mol. The van der Waals surface area contributed by atoms with E-state index in [1.54, 1.807) is 23.9 Å². The van der Waals surface area contributed by atoms with E-state index in [-0.39, 0.29) is 11.6 Å². The lowest BCUT2D eigenvalue weighted by atomic mass is 10.1. The molecule has 2 aromatic rings. The van der Waals surface area contributed by atoms with Gasteiger partial charge in [-0.1, -0.05) is 35.3 Å². The van der Waals surface area contributed by atoms with Crippen LogP contribution in [0.1, 0.15) is 24.2 Å². The van der Waals surface area contributed by atoms with E-state index in [1.807, 2.05) is 16.5 Å². The zero-order valence-electron chi connectivity index (χ0n) is 16.0. The van der Waals surface area contributed by atoms with Crippen LogP contribution in [0.5, 0.6) is 0 Å². The zero-order chi connectivity index (χ0) is 20.3. The number of nitrogens with zero attached hydrogens (tertiary/aromatic N) is 4. The SMILES string of the molecule is C=C(C)CSc1nn(CN2CCN(c3ccc(C(C)=O)cc3F)CC2)c(=S)s1. The van der Waals surface area contributed by atoms with Gasteiger partial charge >= 0.3 is 0 Å². The van der Waals surface area contributed by atoms with Crippen molar-refractivity contribution in [1.29, 1.82) is 0 Å². The van der Waals surface area contributed by atoms with Crippen LogP contribution in [0, 0.1) is 9.77 Å². The Balaban J connectivity index is 1.58. The molecular weight excluding hydrogens is 415 g/mol. The molecule has 0 spiro atoms. The Morgan fingerprint density at radius 3 is 2.64 bits per heavy atom. The van der Waals surface area contributed by atoms with Crippen LogP contribution in [0.3, 0.4) is 0 Å². The largest absolute Gasteiger partial charge is 0.367 e. The van der Waals surface area contributed by atoms with Crippen molar-refractivity contribution in [3.8, 4) is 0 Å². The first kappa shape index (κ1) is 21.2. The molecule has 1 saturated heterocycles. The molecule has 1 aromatic heterocycles. The zero-order valence-corrected chi connectivity index (χ0v) is 18.4. The van der Waals surface area contributed by atoms with E-state index in [4.69, 9.17) is 12.2 Å². The van der Waals surface area contributed by atoms with Crippen LogP contribution in [-0.4, -0.2) is 52.4 Å². The van der Waals surface area contributed by atoms with Gasteiger partial charge in [0.25, 0.3) is 0 Å². The molecule has 1 aliphatic rings. The Morgan fingerprint density at radius 1 is 1.32 bits per heavy atom. The minimum absolute atomic E-state index is 0.129. The van der Waals surface area contributed by atoms with Crippen LogP contribution in [0.15, 0.2) is 34.7 Å². The highest BCUT2D eigenvalue weighted by Gasteiger charge is 2.21. The Labute approximate surface area is 177 Å². The van der Waals surface area contributed by atoms with Gasteiger partial charge in [-0.3, -0.25) is 9.69 Å². The highest BCUT2D eigenvalue weighted by atomic mass is 32.2. The number of benzene rings is 1. The molecule has 0 N–H and O–H groups in total. The number of carbonyl (C=O) groups excluding carboxylic acids is 1. The average molecular weight is 439 g/mol. The van der Waals surface area contributed by atoms with Crippen molar-refractivity contribution in [2.24, 2.45) is 0 Å². The van der Waals surface area contributed by atoms with Crippen molar-refractivity contribution in [1.82, 2.24) is 14.7 Å². The number of halogens is 1. The third-order valence-electron chi connectivity index (χ3n) is 4.43. The van der Waals surface area contributed by atoms with Gasteiger partial charge in [-0.15, -0.1) is 0 Å². The van der Waals surface area contributed by atoms with Crippen LogP contribution in [0.4, 0.5) is 10.1 Å². The molecule has 5 nitrogen and oxygen atoms in total. The third kappa shape index (κ3) is 5.28. The summed E-state index contributed by atoms with van der Waals surface area (Å²) in [6, 6.07) is 4.71. The van der Waals surface area contributed by atoms with Gasteiger partial charge in [0, 0.05) is 37.5 Å². The number of carbonyl (C=O) groups is 1. The van der Waals surface area contributed by atoms with E-state index >= 15 is 0 Å². The van der Waals surface area contributed by atoms with E-state index < -0.39 is 0 Å². The molecule has 0 radical (unpaired) electrons. The molecule has 0 aliphatic carbocycles. The number of Topliss-reactive ketones (excluding diaryl/α,β-unsaturated/α-hetero) is 1. The van der Waals surface area contributed by atoms with Crippen molar-refractivity contribution in [2.75, 3.05) is 36.8 Å². The fourth-order valence-electron chi connectivity index (χ4n) is 2.92. The van der Waals surface area contributed by atoms with E-state index in [2.05, 4.69) is 16.6 Å². The topological polar surface area (TPSA) is 41.4 Å². The first-order valence-corrected chi connectivity index (χ1v) is 11.2. The summed E-state index contributed by atoms with van der Waals surface area (Å²) >= 11 is 8.62. The molecule has 0 saturated carbocycles. The van der Waals surface area contributed by atoms with Crippen molar-refractivity contribution in [3.05, 3.63) is 45.7 Å². The number of hydrogen-bond acceptors (Lipinski definition) is 7. The standard InChI is InChI=1S/C19H23FN4OS3/c1-13(2)11-27-18-21-24(19(26)28-18)12-22-6-8-23(9-7-22)17-5-4-15(14(3)25)10-16(17)20/h4-5,10H,1,6-9,11-12H2,2-3H3. The lowest BCUT2D eigenvalue weighted by Gasteiger charge is -2.36. The molecule has 28 heavy (non-hydrogen) atoms.